The first kappa shape index (κ1) is 23.9. The van der Waals surface area contributed by atoms with Crippen LogP contribution in [0.3, 0.4) is 0 Å². The van der Waals surface area contributed by atoms with E-state index in [0.29, 0.717) is 5.56 Å². The molecule has 1 aliphatic heterocycles. The molecule has 1 unspecified atom stereocenters. The van der Waals surface area contributed by atoms with E-state index in [2.05, 4.69) is 88.9 Å². The summed E-state index contributed by atoms with van der Waals surface area (Å²) in [5.74, 6) is -0.320. The second kappa shape index (κ2) is 9.10. The van der Waals surface area contributed by atoms with Crippen molar-refractivity contribution in [2.24, 2.45) is 0 Å². The molecular weight excluding hydrogens is 470 g/mol. The molecule has 2 heterocycles. The predicted molar refractivity (Wildman–Crippen MR) is 154 cm³/mol. The van der Waals surface area contributed by atoms with E-state index >= 15 is 0 Å². The summed E-state index contributed by atoms with van der Waals surface area (Å²) < 4.78 is 8.97. The Morgan fingerprint density at radius 1 is 0.763 bits per heavy atom. The Hall–Kier alpha value is -4.51. The minimum Gasteiger partial charge on any atom is -0.426 e. The smallest absolute Gasteiger partial charge is 0.341 e. The third kappa shape index (κ3) is 3.42. The highest BCUT2D eigenvalue weighted by atomic mass is 16.6. The van der Waals surface area contributed by atoms with Gasteiger partial charge in [0.25, 0.3) is 0 Å². The number of hydrogen-bond acceptors (Lipinski definition) is 4. The van der Waals surface area contributed by atoms with Crippen LogP contribution in [0, 0.1) is 6.92 Å². The van der Waals surface area contributed by atoms with Gasteiger partial charge in [0.05, 0.1) is 11.1 Å². The minimum atomic E-state index is -1.21. The highest BCUT2D eigenvalue weighted by Gasteiger charge is 2.54. The van der Waals surface area contributed by atoms with Crippen LogP contribution in [0.15, 0.2) is 103 Å². The molecule has 0 aliphatic carbocycles. The van der Waals surface area contributed by atoms with E-state index < -0.39 is 5.72 Å². The number of aromatic nitrogens is 1. The lowest BCUT2D eigenvalue weighted by atomic mass is 9.88. The fourth-order valence-corrected chi connectivity index (χ4v) is 5.92. The lowest BCUT2D eigenvalue weighted by Gasteiger charge is -2.42. The summed E-state index contributed by atoms with van der Waals surface area (Å²) in [6.45, 7) is 5.09. The average molecular weight is 502 g/mol. The molecule has 38 heavy (non-hydrogen) atoms. The molecule has 1 atom stereocenters. The van der Waals surface area contributed by atoms with Crippen LogP contribution in [0.5, 0.6) is 0 Å². The molecule has 5 heteroatoms. The Bertz CT molecular complexity index is 1640. The van der Waals surface area contributed by atoms with Gasteiger partial charge in [-0.3, -0.25) is 4.90 Å². The Kier molecular flexibility index (Phi) is 5.72. The molecule has 5 aromatic rings. The Morgan fingerprint density at radius 2 is 1.37 bits per heavy atom. The zero-order chi connectivity index (χ0) is 26.4. The summed E-state index contributed by atoms with van der Waals surface area (Å²) in [5.41, 5.74) is 6.35. The van der Waals surface area contributed by atoms with Crippen molar-refractivity contribution >= 4 is 33.9 Å². The first-order chi connectivity index (χ1) is 18.5. The molecule has 1 aliphatic rings. The van der Waals surface area contributed by atoms with E-state index in [1.807, 2.05) is 56.6 Å². The minimum absolute atomic E-state index is 0.320. The van der Waals surface area contributed by atoms with Crippen LogP contribution in [0.25, 0.3) is 10.9 Å². The average Bonchev–Trinajstić information content (AvgIpc) is 3.40. The van der Waals surface area contributed by atoms with Crippen LogP contribution in [-0.4, -0.2) is 24.6 Å². The number of carbonyl (C=O) groups is 1. The molecule has 0 bridgehead atoms. The van der Waals surface area contributed by atoms with Gasteiger partial charge >= 0.3 is 5.97 Å². The van der Waals surface area contributed by atoms with Gasteiger partial charge in [-0.15, -0.1) is 0 Å². The number of benzene rings is 4. The van der Waals surface area contributed by atoms with Gasteiger partial charge in [0, 0.05) is 59.9 Å². The number of fused-ring (bicyclic) bond motifs is 2. The Balaban J connectivity index is 1.75. The van der Waals surface area contributed by atoms with Crippen molar-refractivity contribution in [1.29, 1.82) is 0 Å². The third-order valence-electron chi connectivity index (χ3n) is 7.59. The molecule has 4 aromatic carbocycles. The molecule has 0 saturated carbocycles. The first-order valence-corrected chi connectivity index (χ1v) is 13.0. The van der Waals surface area contributed by atoms with Gasteiger partial charge in [-0.25, -0.2) is 4.79 Å². The highest BCUT2D eigenvalue weighted by molar-refractivity contribution is 5.99. The van der Waals surface area contributed by atoms with Gasteiger partial charge in [0.1, 0.15) is 0 Å². The second-order valence-corrected chi connectivity index (χ2v) is 9.88. The number of esters is 1. The summed E-state index contributed by atoms with van der Waals surface area (Å²) in [4.78, 5) is 17.9. The maximum absolute atomic E-state index is 13.6. The van der Waals surface area contributed by atoms with Crippen molar-refractivity contribution in [3.05, 3.63) is 126 Å². The lowest BCUT2D eigenvalue weighted by molar-refractivity contribution is 0.0136. The summed E-state index contributed by atoms with van der Waals surface area (Å²) in [6, 6.07) is 34.8. The number of para-hydroxylation sites is 2. The Labute approximate surface area is 223 Å². The lowest BCUT2D eigenvalue weighted by Crippen LogP contribution is -2.45. The van der Waals surface area contributed by atoms with E-state index in [-0.39, 0.29) is 5.97 Å². The van der Waals surface area contributed by atoms with Crippen LogP contribution in [0.4, 0.5) is 17.1 Å². The van der Waals surface area contributed by atoms with Gasteiger partial charge in [-0.1, -0.05) is 54.6 Å². The van der Waals surface area contributed by atoms with Crippen LogP contribution < -0.4 is 9.80 Å². The molecule has 0 saturated heterocycles. The number of hydrogen-bond donors (Lipinski definition) is 0. The van der Waals surface area contributed by atoms with E-state index in [9.17, 15) is 4.79 Å². The number of nitrogens with zero attached hydrogens (tertiary/aromatic N) is 3. The van der Waals surface area contributed by atoms with Gasteiger partial charge in [0.15, 0.2) is 0 Å². The maximum atomic E-state index is 13.6. The fourth-order valence-electron chi connectivity index (χ4n) is 5.92. The molecule has 0 fully saturated rings. The second-order valence-electron chi connectivity index (χ2n) is 9.88. The molecule has 6 rings (SSSR count). The van der Waals surface area contributed by atoms with Crippen LogP contribution in [0.1, 0.15) is 34.1 Å². The van der Waals surface area contributed by atoms with E-state index in [1.54, 1.807) is 0 Å². The van der Waals surface area contributed by atoms with E-state index in [4.69, 9.17) is 4.74 Å². The summed E-state index contributed by atoms with van der Waals surface area (Å²) in [6.07, 6.45) is 0. The van der Waals surface area contributed by atoms with Crippen molar-refractivity contribution in [2.45, 2.75) is 26.1 Å². The number of cyclic esters (lactones) is 1. The number of anilines is 3. The van der Waals surface area contributed by atoms with Gasteiger partial charge in [0.2, 0.25) is 5.72 Å². The number of ether oxygens (including phenoxy) is 1. The van der Waals surface area contributed by atoms with Gasteiger partial charge < -0.3 is 14.2 Å². The van der Waals surface area contributed by atoms with Crippen molar-refractivity contribution in [3.63, 3.8) is 0 Å². The number of carbonyl (C=O) groups excluding carboxylic acids is 1. The summed E-state index contributed by atoms with van der Waals surface area (Å²) in [7, 11) is 4.06. The largest absolute Gasteiger partial charge is 0.426 e. The summed E-state index contributed by atoms with van der Waals surface area (Å²) >= 11 is 0. The number of aryl methyl sites for hydroxylation is 1. The molecular formula is C33H31N3O2. The highest BCUT2D eigenvalue weighted by Crippen LogP contribution is 2.53. The Morgan fingerprint density at radius 3 is 2.08 bits per heavy atom. The van der Waals surface area contributed by atoms with Crippen molar-refractivity contribution in [3.8, 4) is 0 Å². The monoisotopic (exact) mass is 501 g/mol. The maximum Gasteiger partial charge on any atom is 0.341 e. The zero-order valence-corrected chi connectivity index (χ0v) is 22.2. The number of rotatable bonds is 6. The molecule has 0 radical (unpaired) electrons. The van der Waals surface area contributed by atoms with Crippen molar-refractivity contribution in [2.75, 3.05) is 23.9 Å². The molecule has 5 nitrogen and oxygen atoms in total. The topological polar surface area (TPSA) is 37.7 Å². The predicted octanol–water partition coefficient (Wildman–Crippen LogP) is 7.25. The third-order valence-corrected chi connectivity index (χ3v) is 7.59. The van der Waals surface area contributed by atoms with Crippen molar-refractivity contribution in [1.82, 2.24) is 4.57 Å². The SMILES string of the molecule is CCn1c(C)c(C2(N(c3ccccc3)c3ccc(N(C)C)cc3)OC(=O)c3ccccc32)c2ccccc21. The van der Waals surface area contributed by atoms with Gasteiger partial charge in [-0.2, -0.15) is 0 Å². The molecule has 0 spiro atoms. The molecule has 0 N–H and O–H groups in total. The first-order valence-electron chi connectivity index (χ1n) is 13.0. The molecule has 1 aromatic heterocycles. The standard InChI is InChI=1S/C33H31N3O2/c1-5-35-23(2)31(28-16-10-12-18-30(28)35)33(29-17-11-9-15-27(29)32(37)38-33)36(25-13-7-6-8-14-25)26-21-19-24(20-22-26)34(3)4/h6-22H,5H2,1-4H3. The van der Waals surface area contributed by atoms with Crippen LogP contribution in [0.2, 0.25) is 0 Å². The fraction of sp³-hybridized carbons (Fsp3) is 0.182. The van der Waals surface area contributed by atoms with Crippen molar-refractivity contribution < 1.29 is 9.53 Å². The summed E-state index contributed by atoms with van der Waals surface area (Å²) in [5, 5.41) is 1.07. The van der Waals surface area contributed by atoms with E-state index in [0.717, 1.165) is 51.3 Å². The molecule has 0 amide bonds. The quantitative estimate of drug-likeness (QED) is 0.230. The molecule has 190 valence electrons. The van der Waals surface area contributed by atoms with Crippen LogP contribution >= 0.6 is 0 Å². The normalized spacial score (nSPS) is 16.4. The van der Waals surface area contributed by atoms with E-state index in [1.165, 1.54) is 0 Å². The zero-order valence-electron chi connectivity index (χ0n) is 22.2. The van der Waals surface area contributed by atoms with Gasteiger partial charge in [-0.05, 0) is 62.4 Å². The van der Waals surface area contributed by atoms with Crippen LogP contribution in [-0.2, 0) is 17.0 Å².